The van der Waals surface area contributed by atoms with Gasteiger partial charge in [-0.25, -0.2) is 0 Å². The number of nitrogens with one attached hydrogen (secondary N) is 1. The second-order valence-electron chi connectivity index (χ2n) is 5.80. The van der Waals surface area contributed by atoms with Crippen LogP contribution in [-0.2, 0) is 6.42 Å². The normalized spacial score (nSPS) is 16.2. The summed E-state index contributed by atoms with van der Waals surface area (Å²) in [5.41, 5.74) is 7.33. The van der Waals surface area contributed by atoms with Gasteiger partial charge in [-0.1, -0.05) is 17.7 Å². The summed E-state index contributed by atoms with van der Waals surface area (Å²) in [5, 5.41) is 4.32. The molecule has 3 rings (SSSR count). The third-order valence-electron chi connectivity index (χ3n) is 3.78. The van der Waals surface area contributed by atoms with Crippen molar-refractivity contribution in [1.29, 1.82) is 0 Å². The Morgan fingerprint density at radius 2 is 2.09 bits per heavy atom. The van der Waals surface area contributed by atoms with Crippen molar-refractivity contribution < 1.29 is 9.47 Å². The van der Waals surface area contributed by atoms with Crippen LogP contribution in [0.3, 0.4) is 0 Å². The van der Waals surface area contributed by atoms with E-state index in [1.807, 2.05) is 37.3 Å². The van der Waals surface area contributed by atoms with E-state index in [1.54, 1.807) is 6.21 Å². The maximum atomic E-state index is 5.82. The van der Waals surface area contributed by atoms with E-state index < -0.39 is 0 Å². The van der Waals surface area contributed by atoms with Crippen molar-refractivity contribution in [3.63, 3.8) is 0 Å². The van der Waals surface area contributed by atoms with E-state index in [1.165, 1.54) is 11.1 Å². The first-order valence-corrected chi connectivity index (χ1v) is 7.98. The summed E-state index contributed by atoms with van der Waals surface area (Å²) in [4.78, 5) is 0. The highest BCUT2D eigenvalue weighted by atomic mass is 16.5. The van der Waals surface area contributed by atoms with Crippen molar-refractivity contribution >= 4 is 11.9 Å². The van der Waals surface area contributed by atoms with E-state index in [9.17, 15) is 0 Å². The van der Waals surface area contributed by atoms with E-state index in [4.69, 9.17) is 9.47 Å². The van der Waals surface area contributed by atoms with Crippen LogP contribution in [0.5, 0.6) is 11.5 Å². The number of anilines is 1. The summed E-state index contributed by atoms with van der Waals surface area (Å²) < 4.78 is 11.6. The van der Waals surface area contributed by atoms with Crippen molar-refractivity contribution in [2.75, 3.05) is 12.0 Å². The van der Waals surface area contributed by atoms with Gasteiger partial charge in [0, 0.05) is 17.5 Å². The fourth-order valence-corrected chi connectivity index (χ4v) is 2.64. The highest BCUT2D eigenvalue weighted by Crippen LogP contribution is 2.34. The zero-order valence-corrected chi connectivity index (χ0v) is 13.8. The van der Waals surface area contributed by atoms with E-state index in [0.29, 0.717) is 6.61 Å². The van der Waals surface area contributed by atoms with Crippen LogP contribution < -0.4 is 14.9 Å². The molecule has 0 fully saturated rings. The first kappa shape index (κ1) is 15.4. The van der Waals surface area contributed by atoms with E-state index in [-0.39, 0.29) is 6.10 Å². The van der Waals surface area contributed by atoms with Crippen molar-refractivity contribution in [3.8, 4) is 11.5 Å². The standard InChI is InChI=1S/C19H22N2O2/c1-4-22-18-10-15-9-14(3)23-19(15)11-16(18)12-20-21-17-7-5-13(2)6-8-17/h5-8,10-12,14,21H,4,9H2,1-3H3/b20-12-/t14-/m1/s1. The fraction of sp³-hybridized carbons (Fsp3) is 0.316. The molecule has 0 saturated carbocycles. The van der Waals surface area contributed by atoms with Crippen molar-refractivity contribution in [2.24, 2.45) is 5.10 Å². The molecule has 1 N–H and O–H groups in total. The molecule has 1 heterocycles. The minimum Gasteiger partial charge on any atom is -0.493 e. The van der Waals surface area contributed by atoms with Crippen molar-refractivity contribution in [2.45, 2.75) is 33.3 Å². The molecule has 23 heavy (non-hydrogen) atoms. The summed E-state index contributed by atoms with van der Waals surface area (Å²) in [6.45, 7) is 6.75. The van der Waals surface area contributed by atoms with Gasteiger partial charge in [-0.2, -0.15) is 5.10 Å². The largest absolute Gasteiger partial charge is 0.493 e. The fourth-order valence-electron chi connectivity index (χ4n) is 2.64. The summed E-state index contributed by atoms with van der Waals surface area (Å²) in [5.74, 6) is 1.77. The molecule has 0 saturated heterocycles. The zero-order chi connectivity index (χ0) is 16.2. The lowest BCUT2D eigenvalue weighted by Gasteiger charge is -2.09. The van der Waals surface area contributed by atoms with Crippen LogP contribution in [0.25, 0.3) is 0 Å². The van der Waals surface area contributed by atoms with E-state index >= 15 is 0 Å². The Hall–Kier alpha value is -2.49. The molecule has 4 nitrogen and oxygen atoms in total. The second-order valence-corrected chi connectivity index (χ2v) is 5.80. The number of hydrazone groups is 1. The van der Waals surface area contributed by atoms with Gasteiger partial charge < -0.3 is 9.47 Å². The number of ether oxygens (including phenoxy) is 2. The van der Waals surface area contributed by atoms with Gasteiger partial charge in [-0.15, -0.1) is 0 Å². The predicted octanol–water partition coefficient (Wildman–Crippen LogP) is 4.16. The van der Waals surface area contributed by atoms with Gasteiger partial charge in [0.25, 0.3) is 0 Å². The lowest BCUT2D eigenvalue weighted by atomic mass is 10.1. The Morgan fingerprint density at radius 1 is 1.30 bits per heavy atom. The quantitative estimate of drug-likeness (QED) is 0.666. The molecule has 0 spiro atoms. The smallest absolute Gasteiger partial charge is 0.128 e. The number of nitrogens with zero attached hydrogens (tertiary/aromatic N) is 1. The van der Waals surface area contributed by atoms with Crippen molar-refractivity contribution in [3.05, 3.63) is 53.1 Å². The molecular formula is C19H22N2O2. The highest BCUT2D eigenvalue weighted by Gasteiger charge is 2.21. The number of fused-ring (bicyclic) bond motifs is 1. The molecule has 0 bridgehead atoms. The van der Waals surface area contributed by atoms with Gasteiger partial charge in [-0.05, 0) is 45.0 Å². The Morgan fingerprint density at radius 3 is 2.83 bits per heavy atom. The molecule has 4 heteroatoms. The Kier molecular flexibility index (Phi) is 4.51. The number of rotatable bonds is 5. The predicted molar refractivity (Wildman–Crippen MR) is 93.8 cm³/mol. The maximum Gasteiger partial charge on any atom is 0.128 e. The van der Waals surface area contributed by atoms with Gasteiger partial charge in [0.1, 0.15) is 17.6 Å². The molecule has 0 aromatic heterocycles. The summed E-state index contributed by atoms with van der Waals surface area (Å²) in [6.07, 6.45) is 2.92. The molecule has 2 aromatic carbocycles. The van der Waals surface area contributed by atoms with Crippen LogP contribution in [0.1, 0.15) is 30.5 Å². The SMILES string of the molecule is CCOc1cc2c(cc1/C=N\Nc1ccc(C)cc1)O[C@H](C)C2. The Labute approximate surface area is 137 Å². The van der Waals surface area contributed by atoms with Crippen LogP contribution >= 0.6 is 0 Å². The Balaban J connectivity index is 1.79. The average Bonchev–Trinajstić information content (AvgIpc) is 2.89. The molecule has 0 unspecified atom stereocenters. The molecular weight excluding hydrogens is 288 g/mol. The topological polar surface area (TPSA) is 42.8 Å². The molecule has 2 aromatic rings. The Bertz CT molecular complexity index is 708. The van der Waals surface area contributed by atoms with Gasteiger partial charge in [0.05, 0.1) is 18.5 Å². The third-order valence-corrected chi connectivity index (χ3v) is 3.78. The van der Waals surface area contributed by atoms with E-state index in [2.05, 4.69) is 30.4 Å². The van der Waals surface area contributed by atoms with Gasteiger partial charge in [0.15, 0.2) is 0 Å². The second kappa shape index (κ2) is 6.73. The average molecular weight is 310 g/mol. The molecule has 1 atom stereocenters. The number of hydrogen-bond acceptors (Lipinski definition) is 4. The first-order valence-electron chi connectivity index (χ1n) is 7.98. The van der Waals surface area contributed by atoms with Crippen molar-refractivity contribution in [1.82, 2.24) is 0 Å². The summed E-state index contributed by atoms with van der Waals surface area (Å²) in [7, 11) is 0. The molecule has 0 radical (unpaired) electrons. The molecule has 1 aliphatic rings. The maximum absolute atomic E-state index is 5.82. The van der Waals surface area contributed by atoms with E-state index in [0.717, 1.165) is 29.2 Å². The summed E-state index contributed by atoms with van der Waals surface area (Å²) in [6, 6.07) is 12.2. The van der Waals surface area contributed by atoms with Crippen LogP contribution in [0.4, 0.5) is 5.69 Å². The molecule has 1 aliphatic heterocycles. The lowest BCUT2D eigenvalue weighted by Crippen LogP contribution is -2.05. The molecule has 120 valence electrons. The minimum absolute atomic E-state index is 0.220. The zero-order valence-electron chi connectivity index (χ0n) is 13.8. The lowest BCUT2D eigenvalue weighted by molar-refractivity contribution is 0.254. The number of aryl methyl sites for hydroxylation is 1. The number of hydrogen-bond donors (Lipinski definition) is 1. The van der Waals surface area contributed by atoms with Gasteiger partial charge in [-0.3, -0.25) is 5.43 Å². The van der Waals surface area contributed by atoms with Crippen LogP contribution in [-0.4, -0.2) is 18.9 Å². The van der Waals surface area contributed by atoms with Crippen LogP contribution in [0.15, 0.2) is 41.5 Å². The highest BCUT2D eigenvalue weighted by molar-refractivity contribution is 5.85. The number of benzene rings is 2. The first-order chi connectivity index (χ1) is 11.2. The van der Waals surface area contributed by atoms with Crippen LogP contribution in [0.2, 0.25) is 0 Å². The van der Waals surface area contributed by atoms with Crippen LogP contribution in [0, 0.1) is 6.92 Å². The molecule has 0 amide bonds. The monoisotopic (exact) mass is 310 g/mol. The molecule has 0 aliphatic carbocycles. The minimum atomic E-state index is 0.220. The van der Waals surface area contributed by atoms with Gasteiger partial charge >= 0.3 is 0 Å². The van der Waals surface area contributed by atoms with Gasteiger partial charge in [0.2, 0.25) is 0 Å². The summed E-state index contributed by atoms with van der Waals surface area (Å²) >= 11 is 0. The third kappa shape index (κ3) is 3.65.